The summed E-state index contributed by atoms with van der Waals surface area (Å²) < 4.78 is 5.12. The fourth-order valence-corrected chi connectivity index (χ4v) is 3.02. The number of nitrogens with one attached hydrogen (secondary N) is 2. The van der Waals surface area contributed by atoms with Gasteiger partial charge in [0.25, 0.3) is 11.6 Å². The molecule has 0 aliphatic heterocycles. The Hall–Kier alpha value is -1.86. The zero-order chi connectivity index (χ0) is 17.4. The Kier molecular flexibility index (Phi) is 9.23. The van der Waals surface area contributed by atoms with Gasteiger partial charge in [0.1, 0.15) is 5.75 Å². The number of benzene rings is 1. The highest BCUT2D eigenvalue weighted by Gasteiger charge is 2.17. The average molecular weight is 372 g/mol. The lowest BCUT2D eigenvalue weighted by atomic mass is 10.1. The molecule has 0 spiro atoms. The summed E-state index contributed by atoms with van der Waals surface area (Å²) in [5, 5.41) is 17.1. The Balaban J connectivity index is 0.00000312. The van der Waals surface area contributed by atoms with Crippen molar-refractivity contribution in [1.82, 2.24) is 10.6 Å². The minimum absolute atomic E-state index is 0. The summed E-state index contributed by atoms with van der Waals surface area (Å²) in [5.74, 6) is -0.0342. The maximum atomic E-state index is 12.3. The average Bonchev–Trinajstić information content (AvgIpc) is 2.86. The maximum absolute atomic E-state index is 12.3. The molecule has 1 saturated carbocycles. The Morgan fingerprint density at radius 1 is 1.24 bits per heavy atom. The number of carbonyl (C=O) groups is 1. The van der Waals surface area contributed by atoms with Crippen LogP contribution in [0.5, 0.6) is 5.75 Å². The largest absolute Gasteiger partial charge is 0.496 e. The minimum atomic E-state index is -0.524. The van der Waals surface area contributed by atoms with Crippen LogP contribution in [0.1, 0.15) is 48.9 Å². The number of amides is 1. The van der Waals surface area contributed by atoms with Gasteiger partial charge in [-0.2, -0.15) is 0 Å². The zero-order valence-electron chi connectivity index (χ0n) is 14.5. The van der Waals surface area contributed by atoms with Crippen LogP contribution in [-0.2, 0) is 0 Å². The van der Waals surface area contributed by atoms with E-state index in [4.69, 9.17) is 4.74 Å². The normalized spacial score (nSPS) is 14.9. The SMILES string of the molecule is COc1ccc([N+](=O)[O-])cc1C(=O)NCCNC1CCCCCC1.Cl. The van der Waals surface area contributed by atoms with Crippen molar-refractivity contribution in [3.63, 3.8) is 0 Å². The van der Waals surface area contributed by atoms with E-state index < -0.39 is 4.92 Å². The summed E-state index contributed by atoms with van der Waals surface area (Å²) in [4.78, 5) is 22.6. The molecule has 8 heteroatoms. The number of non-ortho nitro benzene ring substituents is 1. The first-order valence-electron chi connectivity index (χ1n) is 8.46. The molecule has 0 heterocycles. The van der Waals surface area contributed by atoms with Crippen LogP contribution in [0.4, 0.5) is 5.69 Å². The van der Waals surface area contributed by atoms with E-state index in [1.54, 1.807) is 0 Å². The van der Waals surface area contributed by atoms with E-state index in [2.05, 4.69) is 10.6 Å². The molecular weight excluding hydrogens is 346 g/mol. The highest BCUT2D eigenvalue weighted by atomic mass is 35.5. The molecule has 0 bridgehead atoms. The van der Waals surface area contributed by atoms with Gasteiger partial charge in [-0.3, -0.25) is 14.9 Å². The van der Waals surface area contributed by atoms with Crippen LogP contribution in [0.2, 0.25) is 0 Å². The molecule has 1 fully saturated rings. The molecule has 1 aliphatic rings. The smallest absolute Gasteiger partial charge is 0.270 e. The molecule has 0 saturated heterocycles. The quantitative estimate of drug-likeness (QED) is 0.332. The van der Waals surface area contributed by atoms with Crippen LogP contribution in [0.25, 0.3) is 0 Å². The molecule has 0 aromatic heterocycles. The van der Waals surface area contributed by atoms with Crippen LogP contribution in [-0.4, -0.2) is 37.1 Å². The first-order chi connectivity index (χ1) is 11.6. The van der Waals surface area contributed by atoms with Crippen molar-refractivity contribution in [1.29, 1.82) is 0 Å². The molecular formula is C17H26ClN3O4. The Labute approximate surface area is 154 Å². The predicted molar refractivity (Wildman–Crippen MR) is 98.7 cm³/mol. The predicted octanol–water partition coefficient (Wildman–Crippen LogP) is 3.07. The standard InChI is InChI=1S/C17H25N3O4.ClH/c1-24-16-9-8-14(20(22)23)12-15(16)17(21)19-11-10-18-13-6-4-2-3-5-7-13;/h8-9,12-13,18H,2-7,10-11H2,1H3,(H,19,21);1H. The van der Waals surface area contributed by atoms with Crippen LogP contribution in [0.15, 0.2) is 18.2 Å². The summed E-state index contributed by atoms with van der Waals surface area (Å²) in [6, 6.07) is 4.53. The van der Waals surface area contributed by atoms with Gasteiger partial charge in [0.2, 0.25) is 0 Å². The van der Waals surface area contributed by atoms with Gasteiger partial charge < -0.3 is 15.4 Å². The molecule has 0 unspecified atom stereocenters. The fraction of sp³-hybridized carbons (Fsp3) is 0.588. The number of ether oxygens (including phenoxy) is 1. The van der Waals surface area contributed by atoms with E-state index in [1.807, 2.05) is 0 Å². The van der Waals surface area contributed by atoms with E-state index in [-0.39, 0.29) is 29.6 Å². The van der Waals surface area contributed by atoms with Gasteiger partial charge in [-0.25, -0.2) is 0 Å². The molecule has 2 rings (SSSR count). The highest BCUT2D eigenvalue weighted by molar-refractivity contribution is 5.97. The number of nitro benzene ring substituents is 1. The molecule has 0 atom stereocenters. The summed E-state index contributed by atoms with van der Waals surface area (Å²) in [5.41, 5.74) is 0.0543. The van der Waals surface area contributed by atoms with Gasteiger partial charge in [0.15, 0.2) is 0 Å². The lowest BCUT2D eigenvalue weighted by molar-refractivity contribution is -0.384. The third-order valence-corrected chi connectivity index (χ3v) is 4.34. The van der Waals surface area contributed by atoms with Crippen LogP contribution >= 0.6 is 12.4 Å². The van der Waals surface area contributed by atoms with E-state index in [0.29, 0.717) is 24.9 Å². The highest BCUT2D eigenvalue weighted by Crippen LogP contribution is 2.23. The maximum Gasteiger partial charge on any atom is 0.270 e. The number of halogens is 1. The van der Waals surface area contributed by atoms with Crippen molar-refractivity contribution in [3.8, 4) is 5.75 Å². The van der Waals surface area contributed by atoms with Crippen molar-refractivity contribution in [3.05, 3.63) is 33.9 Å². The molecule has 25 heavy (non-hydrogen) atoms. The second-order valence-corrected chi connectivity index (χ2v) is 6.04. The minimum Gasteiger partial charge on any atom is -0.496 e. The molecule has 1 aliphatic carbocycles. The lowest BCUT2D eigenvalue weighted by Gasteiger charge is -2.16. The zero-order valence-corrected chi connectivity index (χ0v) is 15.3. The first-order valence-corrected chi connectivity index (χ1v) is 8.46. The van der Waals surface area contributed by atoms with Crippen molar-refractivity contribution >= 4 is 24.0 Å². The number of rotatable bonds is 7. The Morgan fingerprint density at radius 2 is 1.92 bits per heavy atom. The van der Waals surface area contributed by atoms with Crippen LogP contribution in [0.3, 0.4) is 0 Å². The van der Waals surface area contributed by atoms with E-state index in [9.17, 15) is 14.9 Å². The molecule has 140 valence electrons. The molecule has 1 aromatic carbocycles. The number of hydrogen-bond acceptors (Lipinski definition) is 5. The van der Waals surface area contributed by atoms with E-state index >= 15 is 0 Å². The number of carbonyl (C=O) groups excluding carboxylic acids is 1. The molecule has 7 nitrogen and oxygen atoms in total. The third kappa shape index (κ3) is 6.51. The van der Waals surface area contributed by atoms with Crippen molar-refractivity contribution in [2.75, 3.05) is 20.2 Å². The molecule has 1 amide bonds. The number of methoxy groups -OCH3 is 1. The summed E-state index contributed by atoms with van der Waals surface area (Å²) in [7, 11) is 1.44. The second-order valence-electron chi connectivity index (χ2n) is 6.04. The van der Waals surface area contributed by atoms with Crippen molar-refractivity contribution in [2.45, 2.75) is 44.6 Å². The number of hydrogen-bond donors (Lipinski definition) is 2. The van der Waals surface area contributed by atoms with Gasteiger partial charge >= 0.3 is 0 Å². The van der Waals surface area contributed by atoms with Crippen molar-refractivity contribution < 1.29 is 14.5 Å². The van der Waals surface area contributed by atoms with Gasteiger partial charge in [-0.15, -0.1) is 12.4 Å². The fourth-order valence-electron chi connectivity index (χ4n) is 3.02. The van der Waals surface area contributed by atoms with Crippen LogP contribution < -0.4 is 15.4 Å². The van der Waals surface area contributed by atoms with Crippen LogP contribution in [0, 0.1) is 10.1 Å². The number of nitro groups is 1. The molecule has 1 aromatic rings. The summed E-state index contributed by atoms with van der Waals surface area (Å²) in [6.45, 7) is 1.16. The summed E-state index contributed by atoms with van der Waals surface area (Å²) >= 11 is 0. The lowest BCUT2D eigenvalue weighted by Crippen LogP contribution is -2.37. The first kappa shape index (κ1) is 21.2. The van der Waals surface area contributed by atoms with Gasteiger partial charge in [-0.05, 0) is 18.9 Å². The van der Waals surface area contributed by atoms with E-state index in [0.717, 1.165) is 0 Å². The van der Waals surface area contributed by atoms with Crippen molar-refractivity contribution in [2.24, 2.45) is 0 Å². The topological polar surface area (TPSA) is 93.5 Å². The van der Waals surface area contributed by atoms with Gasteiger partial charge in [-0.1, -0.05) is 25.7 Å². The Bertz CT molecular complexity index is 575. The number of nitrogens with zero attached hydrogens (tertiary/aromatic N) is 1. The third-order valence-electron chi connectivity index (χ3n) is 4.34. The molecule has 0 radical (unpaired) electrons. The summed E-state index contributed by atoms with van der Waals surface area (Å²) in [6.07, 6.45) is 7.51. The molecule has 2 N–H and O–H groups in total. The van der Waals surface area contributed by atoms with Gasteiger partial charge in [0.05, 0.1) is 17.6 Å². The van der Waals surface area contributed by atoms with E-state index in [1.165, 1.54) is 63.8 Å². The second kappa shape index (κ2) is 10.9. The Morgan fingerprint density at radius 3 is 2.52 bits per heavy atom. The van der Waals surface area contributed by atoms with Gasteiger partial charge in [0, 0.05) is 31.3 Å². The monoisotopic (exact) mass is 371 g/mol.